The number of rotatable bonds is 9. The number of fused-ring (bicyclic) bond motifs is 1. The van der Waals surface area contributed by atoms with Crippen molar-refractivity contribution in [3.05, 3.63) is 47.2 Å². The van der Waals surface area contributed by atoms with Gasteiger partial charge in [-0.3, -0.25) is 9.10 Å². The minimum Gasteiger partial charge on any atom is -0.496 e. The normalized spacial score (nSPS) is 16.2. The third kappa shape index (κ3) is 5.11. The lowest BCUT2D eigenvalue weighted by molar-refractivity contribution is -0.148. The van der Waals surface area contributed by atoms with Crippen molar-refractivity contribution in [1.29, 1.82) is 0 Å². The summed E-state index contributed by atoms with van der Waals surface area (Å²) in [5.74, 6) is -0.716. The zero-order valence-corrected chi connectivity index (χ0v) is 22.5. The molecule has 38 heavy (non-hydrogen) atoms. The van der Waals surface area contributed by atoms with E-state index in [9.17, 15) is 23.1 Å². The molecule has 4 rings (SSSR count). The number of nitrogens with two attached hydrogens (primary N) is 1. The predicted octanol–water partition coefficient (Wildman–Crippen LogP) is 1.57. The maximum atomic E-state index is 13.5. The molecule has 1 aliphatic rings. The second-order valence-electron chi connectivity index (χ2n) is 8.95. The molecule has 0 saturated carbocycles. The van der Waals surface area contributed by atoms with E-state index in [1.165, 1.54) is 24.3 Å². The van der Waals surface area contributed by atoms with Crippen LogP contribution < -0.4 is 19.7 Å². The summed E-state index contributed by atoms with van der Waals surface area (Å²) < 4.78 is 30.9. The number of carboxylic acid groups (broad SMARTS) is 1. The Kier molecular flexibility index (Phi) is 7.78. The highest BCUT2D eigenvalue weighted by Gasteiger charge is 2.43. The monoisotopic (exact) mass is 562 g/mol. The molecule has 3 heterocycles. The van der Waals surface area contributed by atoms with Crippen LogP contribution in [0.15, 0.2) is 36.7 Å². The summed E-state index contributed by atoms with van der Waals surface area (Å²) in [4.78, 5) is 36.9. The largest absolute Gasteiger partial charge is 0.496 e. The van der Waals surface area contributed by atoms with E-state index >= 15 is 0 Å². The molecule has 0 radical (unpaired) electrons. The molecule has 2 atom stereocenters. The highest BCUT2D eigenvalue weighted by atomic mass is 35.5. The number of pyridine rings is 2. The lowest BCUT2D eigenvalue weighted by Gasteiger charge is -2.28. The van der Waals surface area contributed by atoms with Crippen LogP contribution in [0.3, 0.4) is 0 Å². The number of aliphatic carboxylic acids is 1. The Morgan fingerprint density at radius 2 is 2.05 bits per heavy atom. The third-order valence-electron chi connectivity index (χ3n) is 6.45. The van der Waals surface area contributed by atoms with Crippen LogP contribution in [0.4, 0.5) is 17.3 Å². The molecule has 202 valence electrons. The topological polar surface area (TPSA) is 159 Å². The first-order chi connectivity index (χ1) is 18.0. The average Bonchev–Trinajstić information content (AvgIpc) is 3.22. The molecule has 0 bridgehead atoms. The van der Waals surface area contributed by atoms with Gasteiger partial charge in [0.2, 0.25) is 16.8 Å². The summed E-state index contributed by atoms with van der Waals surface area (Å²) in [6, 6.07) is 4.19. The molecule has 1 aliphatic heterocycles. The van der Waals surface area contributed by atoms with Crippen molar-refractivity contribution in [3.8, 4) is 5.75 Å². The number of ether oxygens (including phenoxy) is 1. The Bertz CT molecular complexity index is 1470. The number of amides is 1. The van der Waals surface area contributed by atoms with Crippen LogP contribution in [-0.2, 0) is 26.9 Å². The molecule has 1 aromatic carbocycles. The van der Waals surface area contributed by atoms with Gasteiger partial charge in [-0.05, 0) is 41.6 Å². The third-order valence-corrected chi connectivity index (χ3v) is 7.59. The van der Waals surface area contributed by atoms with Gasteiger partial charge in [0.05, 0.1) is 24.0 Å². The lowest BCUT2D eigenvalue weighted by Crippen LogP contribution is -2.48. The van der Waals surface area contributed by atoms with E-state index in [1.807, 2.05) is 0 Å². The molecular formula is C24H27ClN6O6S. The van der Waals surface area contributed by atoms with Crippen molar-refractivity contribution in [2.75, 3.05) is 42.7 Å². The molecule has 2 aromatic heterocycles. The fraction of sp³-hybridized carbons (Fsp3) is 0.333. The SMILES string of the molecule is COc1cc2c(N)nccc2cc1C[C@H](C(=O)O)N1CC[C@H](N(c2cnc(N(C)C)c(Cl)c2)[SH](=O)=O)C1=O. The molecule has 1 amide bonds. The number of nitrogens with zero attached hydrogens (tertiary/aromatic N) is 5. The van der Waals surface area contributed by atoms with Gasteiger partial charge >= 0.3 is 5.97 Å². The van der Waals surface area contributed by atoms with Gasteiger partial charge in [0.25, 0.3) is 0 Å². The van der Waals surface area contributed by atoms with Crippen molar-refractivity contribution >= 4 is 62.5 Å². The van der Waals surface area contributed by atoms with Gasteiger partial charge in [-0.1, -0.05) is 11.6 Å². The second kappa shape index (κ2) is 10.9. The van der Waals surface area contributed by atoms with E-state index in [4.69, 9.17) is 22.1 Å². The standard InChI is InChI=1S/C24H27ClN6O6S/c1-29(2)22-17(25)10-15(12-28-22)31(38(35)36)18-5-7-30(23(18)32)19(24(33)34)9-14-8-13-4-6-27-21(26)16(13)11-20(14)37-3/h4,6,8,10-12,18-19,38H,5,7,9H2,1-3H3,(H2,26,27)(H,33,34)/t18-,19+/m0/s1. The number of hydrogen-bond donors (Lipinski definition) is 3. The number of methoxy groups -OCH3 is 1. The van der Waals surface area contributed by atoms with Crippen LogP contribution in [-0.4, -0.2) is 80.1 Å². The number of halogens is 1. The molecule has 14 heteroatoms. The van der Waals surface area contributed by atoms with Crippen LogP contribution in [0, 0.1) is 0 Å². The van der Waals surface area contributed by atoms with Crippen LogP contribution >= 0.6 is 11.6 Å². The number of carbonyl (C=O) groups is 2. The van der Waals surface area contributed by atoms with E-state index in [0.29, 0.717) is 28.3 Å². The molecule has 1 saturated heterocycles. The Labute approximate surface area is 225 Å². The Morgan fingerprint density at radius 1 is 1.32 bits per heavy atom. The fourth-order valence-corrected chi connectivity index (χ4v) is 5.71. The number of likely N-dealkylation sites (tertiary alicyclic amines) is 1. The molecular weight excluding hydrogens is 536 g/mol. The number of aromatic nitrogens is 2. The van der Waals surface area contributed by atoms with Gasteiger partial charge in [0, 0.05) is 38.6 Å². The van der Waals surface area contributed by atoms with E-state index < -0.39 is 34.9 Å². The van der Waals surface area contributed by atoms with E-state index in [-0.39, 0.29) is 30.1 Å². The van der Waals surface area contributed by atoms with Crippen molar-refractivity contribution in [1.82, 2.24) is 14.9 Å². The Morgan fingerprint density at radius 3 is 2.66 bits per heavy atom. The quantitative estimate of drug-likeness (QED) is 0.327. The smallest absolute Gasteiger partial charge is 0.326 e. The number of thiol groups is 1. The van der Waals surface area contributed by atoms with Gasteiger partial charge < -0.3 is 25.4 Å². The fourth-order valence-electron chi connectivity index (χ4n) is 4.65. The number of benzene rings is 1. The molecule has 0 unspecified atom stereocenters. The van der Waals surface area contributed by atoms with Gasteiger partial charge in [-0.15, -0.1) is 0 Å². The Hall–Kier alpha value is -3.84. The zero-order valence-electron chi connectivity index (χ0n) is 20.9. The van der Waals surface area contributed by atoms with Crippen molar-refractivity contribution < 1.29 is 27.9 Å². The molecule has 12 nitrogen and oxygen atoms in total. The maximum absolute atomic E-state index is 13.5. The van der Waals surface area contributed by atoms with Gasteiger partial charge in [-0.2, -0.15) is 0 Å². The number of carboxylic acids is 1. The van der Waals surface area contributed by atoms with Crippen LogP contribution in [0.1, 0.15) is 12.0 Å². The number of anilines is 3. The predicted molar refractivity (Wildman–Crippen MR) is 144 cm³/mol. The average molecular weight is 563 g/mol. The molecule has 3 N–H and O–H groups in total. The molecule has 0 spiro atoms. The van der Waals surface area contributed by atoms with Crippen LogP contribution in [0.5, 0.6) is 5.75 Å². The first kappa shape index (κ1) is 27.2. The first-order valence-electron chi connectivity index (χ1n) is 11.5. The van der Waals surface area contributed by atoms with Gasteiger partial charge in [0.15, 0.2) is 0 Å². The number of nitrogen functional groups attached to an aromatic ring is 1. The highest BCUT2D eigenvalue weighted by molar-refractivity contribution is 7.74. The van der Waals surface area contributed by atoms with Gasteiger partial charge in [-0.25, -0.2) is 23.2 Å². The minimum atomic E-state index is -3.26. The number of hydrogen-bond acceptors (Lipinski definition) is 9. The van der Waals surface area contributed by atoms with E-state index in [2.05, 4.69) is 9.97 Å². The summed E-state index contributed by atoms with van der Waals surface area (Å²) in [6.07, 6.45) is 2.89. The Balaban J connectivity index is 1.65. The van der Waals surface area contributed by atoms with Crippen molar-refractivity contribution in [2.24, 2.45) is 0 Å². The maximum Gasteiger partial charge on any atom is 0.326 e. The summed E-state index contributed by atoms with van der Waals surface area (Å²) >= 11 is 6.28. The summed E-state index contributed by atoms with van der Waals surface area (Å²) in [6.45, 7) is 0.0455. The minimum absolute atomic E-state index is 0.0455. The highest BCUT2D eigenvalue weighted by Crippen LogP contribution is 2.33. The lowest BCUT2D eigenvalue weighted by atomic mass is 10.00. The van der Waals surface area contributed by atoms with Gasteiger partial charge in [0.1, 0.15) is 29.5 Å². The van der Waals surface area contributed by atoms with E-state index in [0.717, 1.165) is 9.69 Å². The van der Waals surface area contributed by atoms with Crippen molar-refractivity contribution in [2.45, 2.75) is 24.9 Å². The van der Waals surface area contributed by atoms with Crippen LogP contribution in [0.2, 0.25) is 5.02 Å². The van der Waals surface area contributed by atoms with Crippen molar-refractivity contribution in [3.63, 3.8) is 0 Å². The number of carbonyl (C=O) groups excluding carboxylic acids is 1. The summed E-state index contributed by atoms with van der Waals surface area (Å²) in [7, 11) is 1.67. The molecule has 3 aromatic rings. The zero-order chi connectivity index (χ0) is 27.7. The second-order valence-corrected chi connectivity index (χ2v) is 10.3. The van der Waals surface area contributed by atoms with Crippen LogP contribution in [0.25, 0.3) is 10.8 Å². The molecule has 1 fully saturated rings. The van der Waals surface area contributed by atoms with E-state index in [1.54, 1.807) is 43.4 Å². The first-order valence-corrected chi connectivity index (χ1v) is 13.0. The molecule has 0 aliphatic carbocycles. The summed E-state index contributed by atoms with van der Waals surface area (Å²) in [5, 5.41) is 11.7. The summed E-state index contributed by atoms with van der Waals surface area (Å²) in [5.41, 5.74) is 6.63.